The number of nitriles is 1. The predicted octanol–water partition coefficient (Wildman–Crippen LogP) is 4.02. The Morgan fingerprint density at radius 1 is 1.33 bits per heavy atom. The molecule has 0 amide bonds. The van der Waals surface area contributed by atoms with Gasteiger partial charge >= 0.3 is 0 Å². The number of nitrogens with zero attached hydrogens (tertiary/aromatic N) is 1. The summed E-state index contributed by atoms with van der Waals surface area (Å²) in [4.78, 5) is 0. The first-order valence-electron chi connectivity index (χ1n) is 8.08. The molecule has 0 saturated heterocycles. The first kappa shape index (κ1) is 15.9. The SMILES string of the molecule is CCC(NCc1ccc(C#N)c(OC)c1)C1CCCCC1. The van der Waals surface area contributed by atoms with Crippen LogP contribution in [0.3, 0.4) is 0 Å². The third-order valence-corrected chi connectivity index (χ3v) is 4.61. The van der Waals surface area contributed by atoms with Crippen LogP contribution in [0.2, 0.25) is 0 Å². The summed E-state index contributed by atoms with van der Waals surface area (Å²) in [5.74, 6) is 1.49. The predicted molar refractivity (Wildman–Crippen MR) is 85.2 cm³/mol. The summed E-state index contributed by atoms with van der Waals surface area (Å²) in [5.41, 5.74) is 1.78. The number of benzene rings is 1. The molecule has 1 unspecified atom stereocenters. The first-order valence-corrected chi connectivity index (χ1v) is 8.08. The molecule has 1 aliphatic carbocycles. The lowest BCUT2D eigenvalue weighted by atomic mass is 9.83. The molecule has 1 fully saturated rings. The van der Waals surface area contributed by atoms with Crippen LogP contribution in [-0.2, 0) is 6.54 Å². The van der Waals surface area contributed by atoms with Crippen LogP contribution in [0.15, 0.2) is 18.2 Å². The van der Waals surface area contributed by atoms with Gasteiger partial charge in [-0.1, -0.05) is 32.3 Å². The Morgan fingerprint density at radius 3 is 2.71 bits per heavy atom. The molecule has 3 heteroatoms. The molecule has 2 rings (SSSR count). The topological polar surface area (TPSA) is 45.0 Å². The molecule has 114 valence electrons. The van der Waals surface area contributed by atoms with Crippen molar-refractivity contribution in [2.24, 2.45) is 5.92 Å². The lowest BCUT2D eigenvalue weighted by Gasteiger charge is -2.30. The normalized spacial score (nSPS) is 17.2. The highest BCUT2D eigenvalue weighted by atomic mass is 16.5. The third-order valence-electron chi connectivity index (χ3n) is 4.61. The summed E-state index contributed by atoms with van der Waals surface area (Å²) in [5, 5.41) is 12.7. The van der Waals surface area contributed by atoms with Crippen molar-refractivity contribution in [1.29, 1.82) is 5.26 Å². The molecule has 0 aliphatic heterocycles. The second kappa shape index (κ2) is 8.05. The fourth-order valence-corrected chi connectivity index (χ4v) is 3.37. The van der Waals surface area contributed by atoms with Gasteiger partial charge < -0.3 is 10.1 Å². The summed E-state index contributed by atoms with van der Waals surface area (Å²) >= 11 is 0. The van der Waals surface area contributed by atoms with Crippen molar-refractivity contribution in [2.45, 2.75) is 58.0 Å². The molecule has 0 heterocycles. The Bertz CT molecular complexity index is 486. The van der Waals surface area contributed by atoms with E-state index >= 15 is 0 Å². The van der Waals surface area contributed by atoms with Crippen LogP contribution in [0.5, 0.6) is 5.75 Å². The van der Waals surface area contributed by atoms with Gasteiger partial charge in [-0.2, -0.15) is 5.26 Å². The van der Waals surface area contributed by atoms with Gasteiger partial charge in [0.2, 0.25) is 0 Å². The van der Waals surface area contributed by atoms with Crippen LogP contribution >= 0.6 is 0 Å². The maximum atomic E-state index is 9.02. The van der Waals surface area contributed by atoms with E-state index in [1.54, 1.807) is 7.11 Å². The highest BCUT2D eigenvalue weighted by Crippen LogP contribution is 2.28. The zero-order valence-electron chi connectivity index (χ0n) is 13.2. The van der Waals surface area contributed by atoms with E-state index in [9.17, 15) is 0 Å². The van der Waals surface area contributed by atoms with E-state index in [2.05, 4.69) is 18.3 Å². The van der Waals surface area contributed by atoms with Crippen LogP contribution in [0.25, 0.3) is 0 Å². The van der Waals surface area contributed by atoms with Crippen LogP contribution in [0.4, 0.5) is 0 Å². The molecule has 1 aromatic rings. The second-order valence-corrected chi connectivity index (χ2v) is 5.94. The van der Waals surface area contributed by atoms with Crippen molar-refractivity contribution in [3.63, 3.8) is 0 Å². The number of ether oxygens (including phenoxy) is 1. The van der Waals surface area contributed by atoms with E-state index < -0.39 is 0 Å². The molecule has 1 N–H and O–H groups in total. The Balaban J connectivity index is 1.96. The minimum atomic E-state index is 0.598. The van der Waals surface area contributed by atoms with E-state index in [4.69, 9.17) is 10.00 Å². The summed E-state index contributed by atoms with van der Waals surface area (Å²) in [6.45, 7) is 3.11. The van der Waals surface area contributed by atoms with E-state index in [0.29, 0.717) is 17.4 Å². The molecule has 0 bridgehead atoms. The highest BCUT2D eigenvalue weighted by Gasteiger charge is 2.21. The van der Waals surface area contributed by atoms with Crippen LogP contribution in [0, 0.1) is 17.2 Å². The average Bonchev–Trinajstić information content (AvgIpc) is 2.56. The van der Waals surface area contributed by atoms with Crippen LogP contribution < -0.4 is 10.1 Å². The van der Waals surface area contributed by atoms with Crippen LogP contribution in [0.1, 0.15) is 56.6 Å². The smallest absolute Gasteiger partial charge is 0.136 e. The molecule has 1 saturated carbocycles. The molecular weight excluding hydrogens is 260 g/mol. The summed E-state index contributed by atoms with van der Waals surface area (Å²) in [7, 11) is 1.62. The summed E-state index contributed by atoms with van der Waals surface area (Å²) in [6, 6.07) is 8.59. The zero-order valence-corrected chi connectivity index (χ0v) is 13.2. The van der Waals surface area contributed by atoms with Crippen molar-refractivity contribution < 1.29 is 4.74 Å². The molecule has 3 nitrogen and oxygen atoms in total. The van der Waals surface area contributed by atoms with Gasteiger partial charge in [-0.25, -0.2) is 0 Å². The van der Waals surface area contributed by atoms with Crippen molar-refractivity contribution in [3.8, 4) is 11.8 Å². The van der Waals surface area contributed by atoms with Crippen molar-refractivity contribution >= 4 is 0 Å². The Hall–Kier alpha value is -1.53. The fourth-order valence-electron chi connectivity index (χ4n) is 3.37. The number of hydrogen-bond donors (Lipinski definition) is 1. The van der Waals surface area contributed by atoms with Crippen molar-refractivity contribution in [1.82, 2.24) is 5.32 Å². The van der Waals surface area contributed by atoms with Crippen molar-refractivity contribution in [3.05, 3.63) is 29.3 Å². The number of nitrogens with one attached hydrogen (secondary N) is 1. The number of rotatable bonds is 6. The zero-order chi connectivity index (χ0) is 15.1. The van der Waals surface area contributed by atoms with Gasteiger partial charge in [0, 0.05) is 12.6 Å². The lowest BCUT2D eigenvalue weighted by molar-refractivity contribution is 0.261. The molecule has 0 aromatic heterocycles. The second-order valence-electron chi connectivity index (χ2n) is 5.94. The van der Waals surface area contributed by atoms with Gasteiger partial charge in [-0.15, -0.1) is 0 Å². The minimum Gasteiger partial charge on any atom is -0.495 e. The van der Waals surface area contributed by atoms with E-state index in [0.717, 1.165) is 12.5 Å². The summed E-state index contributed by atoms with van der Waals surface area (Å²) < 4.78 is 5.28. The van der Waals surface area contributed by atoms with Gasteiger partial charge in [0.25, 0.3) is 0 Å². The third kappa shape index (κ3) is 4.22. The van der Waals surface area contributed by atoms with Gasteiger partial charge in [0.15, 0.2) is 0 Å². The quantitative estimate of drug-likeness (QED) is 0.859. The van der Waals surface area contributed by atoms with Gasteiger partial charge in [-0.3, -0.25) is 0 Å². The lowest BCUT2D eigenvalue weighted by Crippen LogP contribution is -2.36. The van der Waals surface area contributed by atoms with E-state index in [1.807, 2.05) is 18.2 Å². The number of methoxy groups -OCH3 is 1. The monoisotopic (exact) mass is 286 g/mol. The Kier molecular flexibility index (Phi) is 6.07. The highest BCUT2D eigenvalue weighted by molar-refractivity contribution is 5.45. The van der Waals surface area contributed by atoms with Crippen LogP contribution in [-0.4, -0.2) is 13.2 Å². The van der Waals surface area contributed by atoms with Gasteiger partial charge in [-0.05, 0) is 42.9 Å². The molecule has 0 radical (unpaired) electrons. The Labute approximate surface area is 128 Å². The molecular formula is C18H26N2O. The average molecular weight is 286 g/mol. The van der Waals surface area contributed by atoms with Gasteiger partial charge in [0.1, 0.15) is 11.8 Å². The van der Waals surface area contributed by atoms with Crippen molar-refractivity contribution in [2.75, 3.05) is 7.11 Å². The Morgan fingerprint density at radius 2 is 2.10 bits per heavy atom. The standard InChI is InChI=1S/C18H26N2O/c1-3-17(15-7-5-4-6-8-15)20-13-14-9-10-16(12-19)18(11-14)21-2/h9-11,15,17,20H,3-8,13H2,1-2H3. The first-order chi connectivity index (χ1) is 10.3. The molecule has 0 spiro atoms. The molecule has 1 aromatic carbocycles. The van der Waals surface area contributed by atoms with E-state index in [-0.39, 0.29) is 0 Å². The van der Waals surface area contributed by atoms with Gasteiger partial charge in [0.05, 0.1) is 12.7 Å². The number of hydrogen-bond acceptors (Lipinski definition) is 3. The molecule has 1 aliphatic rings. The minimum absolute atomic E-state index is 0.598. The summed E-state index contributed by atoms with van der Waals surface area (Å²) in [6.07, 6.45) is 8.07. The fraction of sp³-hybridized carbons (Fsp3) is 0.611. The van der Waals surface area contributed by atoms with E-state index in [1.165, 1.54) is 44.1 Å². The molecule has 21 heavy (non-hydrogen) atoms. The largest absolute Gasteiger partial charge is 0.495 e. The maximum Gasteiger partial charge on any atom is 0.136 e. The molecule has 1 atom stereocenters. The maximum absolute atomic E-state index is 9.02.